The molecule has 0 radical (unpaired) electrons. The highest BCUT2D eigenvalue weighted by Gasteiger charge is 2.40. The van der Waals surface area contributed by atoms with Crippen LogP contribution in [0.3, 0.4) is 0 Å². The van der Waals surface area contributed by atoms with E-state index in [2.05, 4.69) is 15.0 Å². The van der Waals surface area contributed by atoms with E-state index in [1.54, 1.807) is 6.92 Å². The van der Waals surface area contributed by atoms with E-state index >= 15 is 0 Å². The maximum absolute atomic E-state index is 12.7. The van der Waals surface area contributed by atoms with Gasteiger partial charge in [-0.1, -0.05) is 11.8 Å². The molecular formula is C13H13ClF3N3O2S. The Morgan fingerprint density at radius 2 is 2.22 bits per heavy atom. The minimum atomic E-state index is -4.68. The van der Waals surface area contributed by atoms with Crippen LogP contribution in [-0.2, 0) is 10.9 Å². The van der Waals surface area contributed by atoms with Crippen molar-refractivity contribution in [1.82, 2.24) is 9.97 Å². The van der Waals surface area contributed by atoms with Gasteiger partial charge in [0.05, 0.1) is 24.1 Å². The van der Waals surface area contributed by atoms with Crippen molar-refractivity contribution in [1.29, 1.82) is 0 Å². The lowest BCUT2D eigenvalue weighted by Crippen LogP contribution is -2.36. The zero-order valence-electron chi connectivity index (χ0n) is 12.1. The molecule has 2 unspecified atom stereocenters. The molecule has 1 aliphatic rings. The van der Waals surface area contributed by atoms with Crippen molar-refractivity contribution in [3.05, 3.63) is 34.1 Å². The van der Waals surface area contributed by atoms with Crippen LogP contribution in [-0.4, -0.2) is 34.4 Å². The molecule has 5 nitrogen and oxygen atoms in total. The van der Waals surface area contributed by atoms with Gasteiger partial charge in [-0.25, -0.2) is 4.98 Å². The van der Waals surface area contributed by atoms with E-state index in [1.165, 1.54) is 19.5 Å². The van der Waals surface area contributed by atoms with E-state index in [0.717, 1.165) is 11.8 Å². The summed E-state index contributed by atoms with van der Waals surface area (Å²) in [5.74, 6) is 0.749. The van der Waals surface area contributed by atoms with Crippen LogP contribution in [0.1, 0.15) is 12.6 Å². The summed E-state index contributed by atoms with van der Waals surface area (Å²) < 4.78 is 43.4. The Balaban J connectivity index is 2.24. The molecule has 0 aromatic carbocycles. The summed E-state index contributed by atoms with van der Waals surface area (Å²) in [4.78, 5) is 21.1. The molecular weight excluding hydrogens is 355 g/mol. The first-order valence-electron chi connectivity index (χ1n) is 6.40. The topological polar surface area (TPSA) is 67.3 Å². The fourth-order valence-corrected chi connectivity index (χ4v) is 3.37. The van der Waals surface area contributed by atoms with Crippen molar-refractivity contribution in [2.24, 2.45) is 10.4 Å². The molecule has 2 heterocycles. The summed E-state index contributed by atoms with van der Waals surface area (Å²) in [6.07, 6.45) is -1.66. The van der Waals surface area contributed by atoms with Gasteiger partial charge in [0.1, 0.15) is 5.76 Å². The van der Waals surface area contributed by atoms with Gasteiger partial charge < -0.3 is 9.72 Å². The molecule has 2 atom stereocenters. The normalized spacial score (nSPS) is 24.4. The lowest BCUT2D eigenvalue weighted by atomic mass is 9.85. The highest BCUT2D eigenvalue weighted by molar-refractivity contribution is 7.99. The van der Waals surface area contributed by atoms with Crippen molar-refractivity contribution in [2.75, 3.05) is 12.9 Å². The van der Waals surface area contributed by atoms with Crippen LogP contribution in [0.15, 0.2) is 33.0 Å². The van der Waals surface area contributed by atoms with Gasteiger partial charge in [-0.05, 0) is 6.92 Å². The van der Waals surface area contributed by atoms with Crippen molar-refractivity contribution >= 4 is 29.6 Å². The maximum atomic E-state index is 12.7. The standard InChI is InChI=1S/C13H13ClF3N3O2S/c1-12(7(14)4-18-5-9(12)22-2)6-23-11-19-8(13(15,16)17)3-10(21)20-11/h3-5,7H,6H2,1-2H3,(H,19,20,21). The lowest BCUT2D eigenvalue weighted by molar-refractivity contribution is -0.141. The number of hydrogen-bond acceptors (Lipinski definition) is 5. The third-order valence-electron chi connectivity index (χ3n) is 3.32. The van der Waals surface area contributed by atoms with Crippen LogP contribution in [0.5, 0.6) is 0 Å². The molecule has 10 heteroatoms. The molecule has 0 fully saturated rings. The zero-order chi connectivity index (χ0) is 17.3. The molecule has 1 aromatic rings. The Morgan fingerprint density at radius 1 is 1.52 bits per heavy atom. The summed E-state index contributed by atoms with van der Waals surface area (Å²) in [7, 11) is 1.46. The molecule has 2 rings (SSSR count). The summed E-state index contributed by atoms with van der Waals surface area (Å²) in [6.45, 7) is 1.80. The second kappa shape index (κ2) is 6.56. The van der Waals surface area contributed by atoms with Gasteiger partial charge in [0.2, 0.25) is 0 Å². The van der Waals surface area contributed by atoms with E-state index in [-0.39, 0.29) is 10.9 Å². The summed E-state index contributed by atoms with van der Waals surface area (Å²) >= 11 is 7.20. The van der Waals surface area contributed by atoms with E-state index in [1.807, 2.05) is 0 Å². The molecule has 0 spiro atoms. The number of hydrogen-bond donors (Lipinski definition) is 1. The van der Waals surface area contributed by atoms with Gasteiger partial charge >= 0.3 is 6.18 Å². The average molecular weight is 368 g/mol. The second-order valence-electron chi connectivity index (χ2n) is 5.04. The van der Waals surface area contributed by atoms with Crippen molar-refractivity contribution in [3.8, 4) is 0 Å². The van der Waals surface area contributed by atoms with Crippen LogP contribution in [0.2, 0.25) is 0 Å². The largest absolute Gasteiger partial charge is 0.499 e. The predicted octanol–water partition coefficient (Wildman–Crippen LogP) is 3.07. The number of ether oxygens (including phenoxy) is 1. The first-order valence-corrected chi connectivity index (χ1v) is 7.82. The van der Waals surface area contributed by atoms with Crippen molar-refractivity contribution < 1.29 is 17.9 Å². The Labute approximate surface area is 139 Å². The zero-order valence-corrected chi connectivity index (χ0v) is 13.7. The van der Waals surface area contributed by atoms with Crippen LogP contribution in [0.4, 0.5) is 13.2 Å². The Hall–Kier alpha value is -1.48. The van der Waals surface area contributed by atoms with E-state index in [9.17, 15) is 18.0 Å². The molecule has 23 heavy (non-hydrogen) atoms. The number of nitrogens with zero attached hydrogens (tertiary/aromatic N) is 2. The third-order valence-corrected chi connectivity index (χ3v) is 5.12. The molecule has 0 saturated carbocycles. The average Bonchev–Trinajstić information content (AvgIpc) is 2.47. The molecule has 0 aliphatic carbocycles. The van der Waals surface area contributed by atoms with Gasteiger partial charge in [0.25, 0.3) is 5.56 Å². The molecule has 0 amide bonds. The van der Waals surface area contributed by atoms with Gasteiger partial charge in [0, 0.05) is 18.0 Å². The fraction of sp³-hybridized carbons (Fsp3) is 0.462. The van der Waals surface area contributed by atoms with Gasteiger partial charge in [0.15, 0.2) is 10.9 Å². The third kappa shape index (κ3) is 3.89. The lowest BCUT2D eigenvalue weighted by Gasteiger charge is -2.34. The van der Waals surface area contributed by atoms with Crippen molar-refractivity contribution in [3.63, 3.8) is 0 Å². The number of allylic oxidation sites excluding steroid dienone is 1. The van der Waals surface area contributed by atoms with Gasteiger partial charge in [-0.3, -0.25) is 9.79 Å². The number of rotatable bonds is 4. The molecule has 0 bridgehead atoms. The number of aromatic amines is 1. The van der Waals surface area contributed by atoms with E-state index < -0.39 is 28.2 Å². The fourth-order valence-electron chi connectivity index (χ4n) is 1.94. The number of alkyl halides is 4. The molecule has 1 aliphatic heterocycles. The number of nitrogens with one attached hydrogen (secondary N) is 1. The summed E-state index contributed by atoms with van der Waals surface area (Å²) in [5, 5.41) is -0.639. The molecule has 1 aromatic heterocycles. The number of methoxy groups -OCH3 is 1. The monoisotopic (exact) mass is 367 g/mol. The minimum Gasteiger partial charge on any atom is -0.499 e. The second-order valence-corrected chi connectivity index (χ2v) is 6.47. The smallest absolute Gasteiger partial charge is 0.433 e. The van der Waals surface area contributed by atoms with E-state index in [0.29, 0.717) is 11.8 Å². The first kappa shape index (κ1) is 17.9. The van der Waals surface area contributed by atoms with Gasteiger partial charge in [-0.15, -0.1) is 11.6 Å². The predicted molar refractivity (Wildman–Crippen MR) is 81.9 cm³/mol. The number of halogens is 4. The first-order chi connectivity index (χ1) is 10.7. The summed E-state index contributed by atoms with van der Waals surface area (Å²) in [5.41, 5.74) is -2.80. The minimum absolute atomic E-state index is 0.132. The van der Waals surface area contributed by atoms with Crippen molar-refractivity contribution in [2.45, 2.75) is 23.6 Å². The Morgan fingerprint density at radius 3 is 2.83 bits per heavy atom. The number of aromatic nitrogens is 2. The molecule has 0 saturated heterocycles. The molecule has 1 N–H and O–H groups in total. The number of thioether (sulfide) groups is 1. The van der Waals surface area contributed by atoms with E-state index in [4.69, 9.17) is 16.3 Å². The van der Waals surface area contributed by atoms with Crippen LogP contribution in [0, 0.1) is 5.41 Å². The van der Waals surface area contributed by atoms with Crippen LogP contribution >= 0.6 is 23.4 Å². The SMILES string of the molecule is COC1=CN=CC(Cl)C1(C)CSc1nc(C(F)(F)F)cc(=O)[nH]1. The quantitative estimate of drug-likeness (QED) is 0.504. The Kier molecular flexibility index (Phi) is 5.10. The Bertz CT molecular complexity index is 704. The maximum Gasteiger partial charge on any atom is 0.433 e. The van der Waals surface area contributed by atoms with Crippen LogP contribution in [0.25, 0.3) is 0 Å². The van der Waals surface area contributed by atoms with Gasteiger partial charge in [-0.2, -0.15) is 13.2 Å². The number of aliphatic imine (C=N–C) groups is 1. The summed E-state index contributed by atoms with van der Waals surface area (Å²) in [6, 6.07) is 0.421. The number of H-pyrrole nitrogens is 1. The van der Waals surface area contributed by atoms with Crippen LogP contribution < -0.4 is 5.56 Å². The molecule has 126 valence electrons. The highest BCUT2D eigenvalue weighted by atomic mass is 35.5. The highest BCUT2D eigenvalue weighted by Crippen LogP contribution is 2.40.